The van der Waals surface area contributed by atoms with Gasteiger partial charge in [-0.1, -0.05) is 18.6 Å². The van der Waals surface area contributed by atoms with E-state index in [2.05, 4.69) is 29.4 Å². The fourth-order valence-corrected chi connectivity index (χ4v) is 2.78. The molecular formula is C16H26N2O. The number of hydrogen-bond acceptors (Lipinski definition) is 3. The third-order valence-electron chi connectivity index (χ3n) is 3.90. The predicted octanol–water partition coefficient (Wildman–Crippen LogP) is 3.37. The van der Waals surface area contributed by atoms with E-state index in [4.69, 9.17) is 4.74 Å². The number of nitrogens with zero attached hydrogens (tertiary/aromatic N) is 1. The SMILES string of the molecule is CCOc1ccccc1NCCC1CCCCN1C. The van der Waals surface area contributed by atoms with E-state index in [1.807, 2.05) is 19.1 Å². The molecular weight excluding hydrogens is 236 g/mol. The van der Waals surface area contributed by atoms with Crippen LogP contribution in [-0.2, 0) is 0 Å². The van der Waals surface area contributed by atoms with Gasteiger partial charge in [-0.3, -0.25) is 0 Å². The van der Waals surface area contributed by atoms with Crippen molar-refractivity contribution < 1.29 is 4.74 Å². The number of para-hydroxylation sites is 2. The van der Waals surface area contributed by atoms with Crippen LogP contribution in [0.2, 0.25) is 0 Å². The van der Waals surface area contributed by atoms with Crippen molar-refractivity contribution in [2.75, 3.05) is 32.1 Å². The molecule has 3 heteroatoms. The lowest BCUT2D eigenvalue weighted by atomic mass is 10.0. The lowest BCUT2D eigenvalue weighted by Gasteiger charge is -2.32. The molecule has 0 aromatic heterocycles. The minimum absolute atomic E-state index is 0.712. The minimum atomic E-state index is 0.712. The van der Waals surface area contributed by atoms with Crippen molar-refractivity contribution >= 4 is 5.69 Å². The molecule has 2 rings (SSSR count). The molecule has 1 aromatic carbocycles. The molecule has 1 N–H and O–H groups in total. The number of anilines is 1. The maximum Gasteiger partial charge on any atom is 0.142 e. The molecule has 1 aliphatic heterocycles. The van der Waals surface area contributed by atoms with E-state index >= 15 is 0 Å². The molecule has 106 valence electrons. The van der Waals surface area contributed by atoms with Crippen molar-refractivity contribution in [3.8, 4) is 5.75 Å². The fourth-order valence-electron chi connectivity index (χ4n) is 2.78. The Hall–Kier alpha value is -1.22. The summed E-state index contributed by atoms with van der Waals surface area (Å²) < 4.78 is 5.63. The summed E-state index contributed by atoms with van der Waals surface area (Å²) in [6.45, 7) is 5.00. The Morgan fingerprint density at radius 3 is 2.95 bits per heavy atom. The summed E-state index contributed by atoms with van der Waals surface area (Å²) >= 11 is 0. The molecule has 1 aliphatic rings. The zero-order valence-corrected chi connectivity index (χ0v) is 12.2. The number of rotatable bonds is 6. The second-order valence-electron chi connectivity index (χ2n) is 5.27. The predicted molar refractivity (Wildman–Crippen MR) is 81.0 cm³/mol. The Balaban J connectivity index is 1.81. The van der Waals surface area contributed by atoms with Gasteiger partial charge in [-0.15, -0.1) is 0 Å². The van der Waals surface area contributed by atoms with Crippen LogP contribution in [0.1, 0.15) is 32.6 Å². The molecule has 0 bridgehead atoms. The second-order valence-corrected chi connectivity index (χ2v) is 5.27. The Labute approximate surface area is 116 Å². The van der Waals surface area contributed by atoms with Gasteiger partial charge in [-0.25, -0.2) is 0 Å². The van der Waals surface area contributed by atoms with Crippen molar-refractivity contribution in [3.63, 3.8) is 0 Å². The van der Waals surface area contributed by atoms with Crippen LogP contribution >= 0.6 is 0 Å². The standard InChI is InChI=1S/C16H26N2O/c1-3-19-16-10-5-4-9-15(16)17-12-11-14-8-6-7-13-18(14)2/h4-5,9-10,14,17H,3,6-8,11-13H2,1-2H3. The summed E-state index contributed by atoms with van der Waals surface area (Å²) in [6, 6.07) is 8.93. The first-order chi connectivity index (χ1) is 9.31. The van der Waals surface area contributed by atoms with Gasteiger partial charge < -0.3 is 15.0 Å². The van der Waals surface area contributed by atoms with E-state index < -0.39 is 0 Å². The third kappa shape index (κ3) is 4.13. The quantitative estimate of drug-likeness (QED) is 0.850. The molecule has 1 unspecified atom stereocenters. The second kappa shape index (κ2) is 7.39. The zero-order valence-electron chi connectivity index (χ0n) is 12.2. The maximum atomic E-state index is 5.63. The molecule has 19 heavy (non-hydrogen) atoms. The summed E-state index contributed by atoms with van der Waals surface area (Å²) in [6.07, 6.45) is 5.28. The summed E-state index contributed by atoms with van der Waals surface area (Å²) in [5, 5.41) is 3.51. The van der Waals surface area contributed by atoms with Crippen LogP contribution in [0.25, 0.3) is 0 Å². The smallest absolute Gasteiger partial charge is 0.142 e. The van der Waals surface area contributed by atoms with Gasteiger partial charge in [0.2, 0.25) is 0 Å². The Morgan fingerprint density at radius 1 is 1.32 bits per heavy atom. The minimum Gasteiger partial charge on any atom is -0.492 e. The van der Waals surface area contributed by atoms with E-state index in [9.17, 15) is 0 Å². The highest BCUT2D eigenvalue weighted by molar-refractivity contribution is 5.56. The molecule has 0 amide bonds. The van der Waals surface area contributed by atoms with Crippen molar-refractivity contribution in [2.45, 2.75) is 38.6 Å². The first kappa shape index (κ1) is 14.2. The molecule has 0 aliphatic carbocycles. The molecule has 0 spiro atoms. The van der Waals surface area contributed by atoms with Crippen LogP contribution in [0.3, 0.4) is 0 Å². The van der Waals surface area contributed by atoms with Crippen LogP contribution < -0.4 is 10.1 Å². The Bertz CT molecular complexity index is 381. The average molecular weight is 262 g/mol. The van der Waals surface area contributed by atoms with Gasteiger partial charge in [-0.05, 0) is 51.9 Å². The van der Waals surface area contributed by atoms with Crippen LogP contribution in [0.5, 0.6) is 5.75 Å². The van der Waals surface area contributed by atoms with Gasteiger partial charge in [0.1, 0.15) is 5.75 Å². The molecule has 0 radical (unpaired) electrons. The highest BCUT2D eigenvalue weighted by atomic mass is 16.5. The maximum absolute atomic E-state index is 5.63. The Morgan fingerprint density at radius 2 is 2.16 bits per heavy atom. The van der Waals surface area contributed by atoms with Crippen molar-refractivity contribution in [2.24, 2.45) is 0 Å². The van der Waals surface area contributed by atoms with E-state index in [1.165, 1.54) is 32.2 Å². The summed E-state index contributed by atoms with van der Waals surface area (Å²) in [5.41, 5.74) is 1.11. The first-order valence-electron chi connectivity index (χ1n) is 7.47. The van der Waals surface area contributed by atoms with Gasteiger partial charge in [0, 0.05) is 12.6 Å². The van der Waals surface area contributed by atoms with Gasteiger partial charge in [-0.2, -0.15) is 0 Å². The van der Waals surface area contributed by atoms with E-state index in [0.717, 1.165) is 24.0 Å². The number of hydrogen-bond donors (Lipinski definition) is 1. The van der Waals surface area contributed by atoms with Crippen molar-refractivity contribution in [1.82, 2.24) is 4.90 Å². The molecule has 1 aromatic rings. The van der Waals surface area contributed by atoms with Crippen molar-refractivity contribution in [1.29, 1.82) is 0 Å². The number of piperidine rings is 1. The summed E-state index contributed by atoms with van der Waals surface area (Å²) in [5.74, 6) is 0.960. The van der Waals surface area contributed by atoms with Crippen LogP contribution in [0, 0.1) is 0 Å². The largest absolute Gasteiger partial charge is 0.492 e. The highest BCUT2D eigenvalue weighted by Gasteiger charge is 2.18. The first-order valence-corrected chi connectivity index (χ1v) is 7.47. The van der Waals surface area contributed by atoms with Gasteiger partial charge in [0.25, 0.3) is 0 Å². The normalized spacial score (nSPS) is 20.2. The van der Waals surface area contributed by atoms with E-state index in [1.54, 1.807) is 0 Å². The van der Waals surface area contributed by atoms with Crippen LogP contribution in [-0.4, -0.2) is 37.7 Å². The molecule has 1 fully saturated rings. The molecule has 1 heterocycles. The lowest BCUT2D eigenvalue weighted by molar-refractivity contribution is 0.179. The summed E-state index contributed by atoms with van der Waals surface area (Å²) in [7, 11) is 2.25. The van der Waals surface area contributed by atoms with E-state index in [0.29, 0.717) is 6.61 Å². The molecule has 1 atom stereocenters. The zero-order chi connectivity index (χ0) is 13.5. The molecule has 0 saturated carbocycles. The topological polar surface area (TPSA) is 24.5 Å². The number of likely N-dealkylation sites (tertiary alicyclic amines) is 1. The van der Waals surface area contributed by atoms with Crippen molar-refractivity contribution in [3.05, 3.63) is 24.3 Å². The van der Waals surface area contributed by atoms with E-state index in [-0.39, 0.29) is 0 Å². The molecule has 3 nitrogen and oxygen atoms in total. The van der Waals surface area contributed by atoms with Crippen LogP contribution in [0.15, 0.2) is 24.3 Å². The molecule has 1 saturated heterocycles. The number of ether oxygens (including phenoxy) is 1. The third-order valence-corrected chi connectivity index (χ3v) is 3.90. The Kier molecular flexibility index (Phi) is 5.52. The van der Waals surface area contributed by atoms with Gasteiger partial charge >= 0.3 is 0 Å². The lowest BCUT2D eigenvalue weighted by Crippen LogP contribution is -2.37. The number of nitrogens with one attached hydrogen (secondary N) is 1. The van der Waals surface area contributed by atoms with Crippen LogP contribution in [0.4, 0.5) is 5.69 Å². The van der Waals surface area contributed by atoms with Gasteiger partial charge in [0.15, 0.2) is 0 Å². The monoisotopic (exact) mass is 262 g/mol. The fraction of sp³-hybridized carbons (Fsp3) is 0.625. The van der Waals surface area contributed by atoms with Gasteiger partial charge in [0.05, 0.1) is 12.3 Å². The summed E-state index contributed by atoms with van der Waals surface area (Å²) in [4.78, 5) is 2.50. The highest BCUT2D eigenvalue weighted by Crippen LogP contribution is 2.24. The number of benzene rings is 1. The average Bonchev–Trinajstić information content (AvgIpc) is 2.43.